The lowest BCUT2D eigenvalue weighted by Crippen LogP contribution is -1.90. The summed E-state index contributed by atoms with van der Waals surface area (Å²) in [5, 5.41) is 0. The second-order valence-electron chi connectivity index (χ2n) is 2.66. The largest absolute Gasteiger partial charge is 0.259 e. The summed E-state index contributed by atoms with van der Waals surface area (Å²) in [4.78, 5) is 5.56. The Kier molecular flexibility index (Phi) is 2.23. The van der Waals surface area contributed by atoms with Crippen LogP contribution >= 0.6 is 39.9 Å². The second kappa shape index (κ2) is 3.09. The van der Waals surface area contributed by atoms with E-state index in [2.05, 4.69) is 27.8 Å². The molecule has 0 amide bonds. The van der Waals surface area contributed by atoms with Crippen LogP contribution in [0.3, 0.4) is 0 Å². The van der Waals surface area contributed by atoms with Crippen LogP contribution in [0.5, 0.6) is 0 Å². The molecule has 0 saturated carbocycles. The van der Waals surface area contributed by atoms with Crippen molar-refractivity contribution in [3.8, 4) is 0 Å². The van der Waals surface area contributed by atoms with E-state index >= 15 is 0 Å². The number of pyridine rings is 1. The van der Waals surface area contributed by atoms with Gasteiger partial charge >= 0.3 is 0 Å². The van der Waals surface area contributed by atoms with Crippen molar-refractivity contribution in [2.24, 2.45) is 0 Å². The summed E-state index contributed by atoms with van der Waals surface area (Å²) < 4.78 is 2.09. The van der Waals surface area contributed by atoms with E-state index in [1.54, 1.807) is 11.8 Å². The van der Waals surface area contributed by atoms with Gasteiger partial charge in [-0.25, -0.2) is 0 Å². The molecule has 0 aromatic carbocycles. The van der Waals surface area contributed by atoms with Gasteiger partial charge in [-0.15, -0.1) is 0 Å². The molecule has 4 heteroatoms. The van der Waals surface area contributed by atoms with Crippen LogP contribution in [0, 0.1) is 6.92 Å². The summed E-state index contributed by atoms with van der Waals surface area (Å²) in [5.74, 6) is 0. The molecule has 1 aromatic rings. The van der Waals surface area contributed by atoms with E-state index in [4.69, 9.17) is 12.2 Å². The molecule has 0 N–H and O–H groups in total. The van der Waals surface area contributed by atoms with Crippen LogP contribution in [-0.4, -0.2) is 9.18 Å². The smallest absolute Gasteiger partial charge is 0.0604 e. The van der Waals surface area contributed by atoms with Gasteiger partial charge in [0, 0.05) is 22.0 Å². The van der Waals surface area contributed by atoms with Gasteiger partial charge in [-0.3, -0.25) is 4.98 Å². The van der Waals surface area contributed by atoms with E-state index in [9.17, 15) is 0 Å². The van der Waals surface area contributed by atoms with Crippen molar-refractivity contribution >= 4 is 44.1 Å². The molecular formula is C8H6BrNS2. The maximum atomic E-state index is 5.13. The Balaban J connectivity index is 2.61. The monoisotopic (exact) mass is 259 g/mol. The summed E-state index contributed by atoms with van der Waals surface area (Å²) in [6.45, 7) is 2.09. The van der Waals surface area contributed by atoms with Gasteiger partial charge in [-0.2, -0.15) is 0 Å². The average Bonchev–Trinajstić information content (AvgIpc) is 2.39. The van der Waals surface area contributed by atoms with Crippen LogP contribution in [0.4, 0.5) is 0 Å². The fourth-order valence-electron chi connectivity index (χ4n) is 1.16. The number of thiocarbonyl (C=S) groups is 1. The SMILES string of the molecule is Cc1c(Br)cnc2c1SC(=S)C2. The molecule has 1 nitrogen and oxygen atoms in total. The molecule has 1 aromatic heterocycles. The molecule has 0 bridgehead atoms. The molecular weight excluding hydrogens is 254 g/mol. The lowest BCUT2D eigenvalue weighted by atomic mass is 10.2. The normalized spacial score (nSPS) is 15.0. The van der Waals surface area contributed by atoms with E-state index in [-0.39, 0.29) is 0 Å². The highest BCUT2D eigenvalue weighted by Gasteiger charge is 2.20. The van der Waals surface area contributed by atoms with Crippen LogP contribution in [-0.2, 0) is 6.42 Å². The Morgan fingerprint density at radius 3 is 3.17 bits per heavy atom. The Morgan fingerprint density at radius 2 is 2.42 bits per heavy atom. The molecule has 0 unspecified atom stereocenters. The minimum absolute atomic E-state index is 0.851. The standard InChI is InChI=1S/C8H6BrNS2/c1-4-5(9)3-10-6-2-7(11)12-8(4)6/h3H,2H2,1H3. The average molecular weight is 260 g/mol. The molecule has 1 aliphatic rings. The van der Waals surface area contributed by atoms with E-state index in [0.29, 0.717) is 0 Å². The van der Waals surface area contributed by atoms with E-state index in [1.807, 2.05) is 6.20 Å². The van der Waals surface area contributed by atoms with Gasteiger partial charge in [0.2, 0.25) is 0 Å². The summed E-state index contributed by atoms with van der Waals surface area (Å²) in [5.41, 5.74) is 2.38. The van der Waals surface area contributed by atoms with Crippen molar-refractivity contribution in [1.29, 1.82) is 0 Å². The van der Waals surface area contributed by atoms with Crippen LogP contribution < -0.4 is 0 Å². The highest BCUT2D eigenvalue weighted by Crippen LogP contribution is 2.37. The first kappa shape index (κ1) is 8.66. The maximum Gasteiger partial charge on any atom is 0.0604 e. The first-order chi connectivity index (χ1) is 5.68. The molecule has 0 aliphatic carbocycles. The number of thioether (sulfide) groups is 1. The van der Waals surface area contributed by atoms with Gasteiger partial charge in [0.15, 0.2) is 0 Å². The predicted molar refractivity (Wildman–Crippen MR) is 58.8 cm³/mol. The predicted octanol–water partition coefficient (Wildman–Crippen LogP) is 3.13. The molecule has 0 saturated heterocycles. The lowest BCUT2D eigenvalue weighted by molar-refractivity contribution is 1.05. The van der Waals surface area contributed by atoms with Crippen LogP contribution in [0.15, 0.2) is 15.6 Å². The van der Waals surface area contributed by atoms with Crippen molar-refractivity contribution < 1.29 is 0 Å². The molecule has 12 heavy (non-hydrogen) atoms. The van der Waals surface area contributed by atoms with E-state index < -0.39 is 0 Å². The highest BCUT2D eigenvalue weighted by atomic mass is 79.9. The van der Waals surface area contributed by atoms with Crippen molar-refractivity contribution in [3.05, 3.63) is 21.9 Å². The van der Waals surface area contributed by atoms with Crippen molar-refractivity contribution in [3.63, 3.8) is 0 Å². The third-order valence-corrected chi connectivity index (χ3v) is 4.13. The van der Waals surface area contributed by atoms with Crippen molar-refractivity contribution in [1.82, 2.24) is 4.98 Å². The fraction of sp³-hybridized carbons (Fsp3) is 0.250. The van der Waals surface area contributed by atoms with Gasteiger partial charge in [0.25, 0.3) is 0 Å². The number of hydrogen-bond acceptors (Lipinski definition) is 3. The van der Waals surface area contributed by atoms with Crippen LogP contribution in [0.2, 0.25) is 0 Å². The summed E-state index contributed by atoms with van der Waals surface area (Å²) in [6.07, 6.45) is 2.70. The highest BCUT2D eigenvalue weighted by molar-refractivity contribution is 9.10. The number of halogens is 1. The zero-order chi connectivity index (χ0) is 8.72. The number of nitrogens with zero attached hydrogens (tertiary/aromatic N) is 1. The maximum absolute atomic E-state index is 5.13. The molecule has 62 valence electrons. The quantitative estimate of drug-likeness (QED) is 0.665. The van der Waals surface area contributed by atoms with Crippen molar-refractivity contribution in [2.75, 3.05) is 0 Å². The molecule has 2 heterocycles. The Morgan fingerprint density at radius 1 is 1.67 bits per heavy atom. The first-order valence-electron chi connectivity index (χ1n) is 3.53. The molecule has 0 spiro atoms. The van der Waals surface area contributed by atoms with Crippen LogP contribution in [0.1, 0.15) is 11.3 Å². The van der Waals surface area contributed by atoms with Gasteiger partial charge in [0.1, 0.15) is 0 Å². The minimum atomic E-state index is 0.851. The minimum Gasteiger partial charge on any atom is -0.259 e. The van der Waals surface area contributed by atoms with Gasteiger partial charge < -0.3 is 0 Å². The third kappa shape index (κ3) is 1.32. The van der Waals surface area contributed by atoms with Gasteiger partial charge in [0.05, 0.1) is 9.89 Å². The zero-order valence-corrected chi connectivity index (χ0v) is 9.65. The zero-order valence-electron chi connectivity index (χ0n) is 6.43. The number of rotatable bonds is 0. The number of fused-ring (bicyclic) bond motifs is 1. The fourth-order valence-corrected chi connectivity index (χ4v) is 2.92. The first-order valence-corrected chi connectivity index (χ1v) is 5.55. The van der Waals surface area contributed by atoms with Gasteiger partial charge in [-0.1, -0.05) is 24.0 Å². The second-order valence-corrected chi connectivity index (χ2v) is 5.37. The van der Waals surface area contributed by atoms with Gasteiger partial charge in [-0.05, 0) is 28.4 Å². The Hall–Kier alpha value is 0.0700. The number of hydrogen-bond donors (Lipinski definition) is 0. The lowest BCUT2D eigenvalue weighted by Gasteiger charge is -2.02. The van der Waals surface area contributed by atoms with Crippen LogP contribution in [0.25, 0.3) is 0 Å². The molecule has 2 rings (SSSR count). The summed E-state index contributed by atoms with van der Waals surface area (Å²) in [7, 11) is 0. The number of aromatic nitrogens is 1. The molecule has 0 radical (unpaired) electrons. The summed E-state index contributed by atoms with van der Waals surface area (Å²) in [6, 6.07) is 0. The van der Waals surface area contributed by atoms with E-state index in [0.717, 1.165) is 20.8 Å². The topological polar surface area (TPSA) is 12.9 Å². The molecule has 0 atom stereocenters. The van der Waals surface area contributed by atoms with E-state index in [1.165, 1.54) is 10.5 Å². The molecule has 1 aliphatic heterocycles. The Labute approximate surface area is 89.1 Å². The van der Waals surface area contributed by atoms with Crippen molar-refractivity contribution in [2.45, 2.75) is 18.2 Å². The molecule has 0 fully saturated rings. The third-order valence-electron chi connectivity index (χ3n) is 1.82. The summed E-state index contributed by atoms with van der Waals surface area (Å²) >= 11 is 10.3. The Bertz CT molecular complexity index is 362.